The highest BCUT2D eigenvalue weighted by molar-refractivity contribution is 5.97. The lowest BCUT2D eigenvalue weighted by Gasteiger charge is -2.24. The summed E-state index contributed by atoms with van der Waals surface area (Å²) in [7, 11) is 1.73. The Balaban J connectivity index is 1.51. The quantitative estimate of drug-likeness (QED) is 0.527. The van der Waals surface area contributed by atoms with Crippen molar-refractivity contribution in [3.05, 3.63) is 81.9 Å². The summed E-state index contributed by atoms with van der Waals surface area (Å²) < 4.78 is 1.56. The molecule has 1 aliphatic carbocycles. The van der Waals surface area contributed by atoms with Gasteiger partial charge in [0.05, 0.1) is 11.6 Å². The van der Waals surface area contributed by atoms with Gasteiger partial charge in [0.15, 0.2) is 0 Å². The third-order valence-electron chi connectivity index (χ3n) is 6.18. The molecular weight excluding hydrogens is 388 g/mol. The van der Waals surface area contributed by atoms with Crippen molar-refractivity contribution in [1.82, 2.24) is 14.5 Å². The molecule has 0 spiro atoms. The summed E-state index contributed by atoms with van der Waals surface area (Å²) in [5.74, 6) is 0.332. The number of nitrogens with one attached hydrogen (secondary N) is 2. The zero-order chi connectivity index (χ0) is 21.5. The number of aromatic amines is 1. The average Bonchev–Trinajstić information content (AvgIpc) is 3.27. The number of anilines is 1. The summed E-state index contributed by atoms with van der Waals surface area (Å²) in [6.07, 6.45) is 6.43. The molecule has 31 heavy (non-hydrogen) atoms. The van der Waals surface area contributed by atoms with Crippen molar-refractivity contribution >= 4 is 22.6 Å². The van der Waals surface area contributed by atoms with Crippen LogP contribution in [-0.4, -0.2) is 20.4 Å². The van der Waals surface area contributed by atoms with Crippen molar-refractivity contribution in [3.63, 3.8) is 0 Å². The molecule has 156 valence electrons. The number of rotatable bonds is 3. The molecule has 4 aromatic rings. The fourth-order valence-corrected chi connectivity index (χ4v) is 4.57. The highest BCUT2D eigenvalue weighted by Gasteiger charge is 2.26. The Morgan fingerprint density at radius 2 is 2.03 bits per heavy atom. The summed E-state index contributed by atoms with van der Waals surface area (Å²) in [5.41, 5.74) is 5.42. The predicted molar refractivity (Wildman–Crippen MR) is 122 cm³/mol. The average molecular weight is 412 g/mol. The minimum atomic E-state index is -0.162. The first-order valence-electron chi connectivity index (χ1n) is 10.6. The Morgan fingerprint density at radius 3 is 2.90 bits per heavy atom. The minimum absolute atomic E-state index is 0.0262. The standard InChI is InChI=1S/C25H24N4O2/c1-15-10-11-21(28-24(30)19-9-5-7-16-6-3-4-8-17(16)19)27-22(15)20-14-29(2)25(31)23-18(20)12-13-26-23/h3-4,6,8,10-14,19,26H,5,7,9H2,1-2H3,(H,27,28,30)/t19-/m0/s1. The Hall–Kier alpha value is -3.67. The van der Waals surface area contributed by atoms with Crippen LogP contribution in [0.4, 0.5) is 5.82 Å². The van der Waals surface area contributed by atoms with Gasteiger partial charge in [0, 0.05) is 30.4 Å². The molecule has 2 N–H and O–H groups in total. The van der Waals surface area contributed by atoms with E-state index in [-0.39, 0.29) is 17.4 Å². The van der Waals surface area contributed by atoms with Crippen molar-refractivity contribution in [2.75, 3.05) is 5.32 Å². The molecule has 0 bridgehead atoms. The first-order chi connectivity index (χ1) is 15.0. The van der Waals surface area contributed by atoms with E-state index in [0.29, 0.717) is 11.3 Å². The molecule has 0 radical (unpaired) electrons. The second-order valence-electron chi connectivity index (χ2n) is 8.22. The molecule has 0 fully saturated rings. The van der Waals surface area contributed by atoms with Gasteiger partial charge < -0.3 is 14.9 Å². The van der Waals surface area contributed by atoms with Gasteiger partial charge in [-0.15, -0.1) is 0 Å². The van der Waals surface area contributed by atoms with Crippen LogP contribution in [-0.2, 0) is 18.3 Å². The van der Waals surface area contributed by atoms with Crippen molar-refractivity contribution in [2.24, 2.45) is 7.05 Å². The number of aryl methyl sites for hydroxylation is 3. The number of amides is 1. The van der Waals surface area contributed by atoms with Gasteiger partial charge in [-0.2, -0.15) is 0 Å². The van der Waals surface area contributed by atoms with Crippen molar-refractivity contribution < 1.29 is 4.79 Å². The lowest BCUT2D eigenvalue weighted by Crippen LogP contribution is -2.25. The Morgan fingerprint density at radius 1 is 1.19 bits per heavy atom. The van der Waals surface area contributed by atoms with E-state index in [0.717, 1.165) is 47.0 Å². The third-order valence-corrected chi connectivity index (χ3v) is 6.18. The molecule has 1 atom stereocenters. The van der Waals surface area contributed by atoms with E-state index in [1.807, 2.05) is 37.3 Å². The van der Waals surface area contributed by atoms with Crippen LogP contribution in [0.5, 0.6) is 0 Å². The number of pyridine rings is 2. The molecule has 3 heterocycles. The molecule has 0 saturated heterocycles. The lowest BCUT2D eigenvalue weighted by atomic mass is 9.82. The number of H-pyrrole nitrogens is 1. The van der Waals surface area contributed by atoms with E-state index in [4.69, 9.17) is 4.98 Å². The molecule has 3 aromatic heterocycles. The number of aromatic nitrogens is 3. The van der Waals surface area contributed by atoms with Gasteiger partial charge in [0.2, 0.25) is 5.91 Å². The molecule has 0 unspecified atom stereocenters. The van der Waals surface area contributed by atoms with Crippen LogP contribution >= 0.6 is 0 Å². The number of benzene rings is 1. The van der Waals surface area contributed by atoms with Crippen LogP contribution in [0.25, 0.3) is 22.2 Å². The van der Waals surface area contributed by atoms with Gasteiger partial charge in [0.25, 0.3) is 5.56 Å². The van der Waals surface area contributed by atoms with Crippen LogP contribution in [0.3, 0.4) is 0 Å². The highest BCUT2D eigenvalue weighted by atomic mass is 16.2. The van der Waals surface area contributed by atoms with Crippen LogP contribution < -0.4 is 10.9 Å². The summed E-state index contributed by atoms with van der Waals surface area (Å²) in [6.45, 7) is 1.98. The van der Waals surface area contributed by atoms with E-state index in [2.05, 4.69) is 22.4 Å². The Bertz CT molecular complexity index is 1370. The number of carbonyl (C=O) groups excluding carboxylic acids is 1. The van der Waals surface area contributed by atoms with Crippen molar-refractivity contribution in [3.8, 4) is 11.3 Å². The van der Waals surface area contributed by atoms with Gasteiger partial charge in [-0.1, -0.05) is 30.3 Å². The smallest absolute Gasteiger partial charge is 0.274 e. The molecule has 0 saturated carbocycles. The van der Waals surface area contributed by atoms with Gasteiger partial charge in [0.1, 0.15) is 11.3 Å². The zero-order valence-electron chi connectivity index (χ0n) is 17.6. The van der Waals surface area contributed by atoms with Crippen molar-refractivity contribution in [1.29, 1.82) is 0 Å². The number of hydrogen-bond donors (Lipinski definition) is 2. The number of hydrogen-bond acceptors (Lipinski definition) is 3. The maximum absolute atomic E-state index is 13.1. The largest absolute Gasteiger partial charge is 0.357 e. The number of nitrogens with zero attached hydrogens (tertiary/aromatic N) is 2. The Labute approximate surface area is 180 Å². The number of fused-ring (bicyclic) bond motifs is 2. The topological polar surface area (TPSA) is 79.8 Å². The van der Waals surface area contributed by atoms with Gasteiger partial charge >= 0.3 is 0 Å². The Kier molecular flexibility index (Phi) is 4.70. The van der Waals surface area contributed by atoms with Gasteiger partial charge in [-0.25, -0.2) is 4.98 Å². The molecule has 5 rings (SSSR count). The summed E-state index contributed by atoms with van der Waals surface area (Å²) in [6, 6.07) is 13.9. The second kappa shape index (κ2) is 7.54. The van der Waals surface area contributed by atoms with Crippen LogP contribution in [0.15, 0.2) is 59.7 Å². The van der Waals surface area contributed by atoms with Gasteiger partial charge in [-0.3, -0.25) is 9.59 Å². The first-order valence-corrected chi connectivity index (χ1v) is 10.6. The van der Waals surface area contributed by atoms with E-state index in [1.165, 1.54) is 5.56 Å². The highest BCUT2D eigenvalue weighted by Crippen LogP contribution is 2.33. The predicted octanol–water partition coefficient (Wildman–Crippen LogP) is 4.30. The molecule has 1 aliphatic rings. The molecule has 0 aliphatic heterocycles. The monoisotopic (exact) mass is 412 g/mol. The number of carbonyl (C=O) groups is 1. The fraction of sp³-hybridized carbons (Fsp3) is 0.240. The summed E-state index contributed by atoms with van der Waals surface area (Å²) in [4.78, 5) is 33.3. The molecular formula is C25H24N4O2. The van der Waals surface area contributed by atoms with Crippen LogP contribution in [0, 0.1) is 6.92 Å². The van der Waals surface area contributed by atoms with E-state index >= 15 is 0 Å². The van der Waals surface area contributed by atoms with Crippen LogP contribution in [0.1, 0.15) is 35.4 Å². The minimum Gasteiger partial charge on any atom is -0.357 e. The summed E-state index contributed by atoms with van der Waals surface area (Å²) >= 11 is 0. The molecule has 6 nitrogen and oxygen atoms in total. The SMILES string of the molecule is Cc1ccc(NC(=O)[C@H]2CCCc3ccccc32)nc1-c1cn(C)c(=O)c2[nH]ccc12. The second-order valence-corrected chi connectivity index (χ2v) is 8.22. The maximum atomic E-state index is 13.1. The van der Waals surface area contributed by atoms with Crippen molar-refractivity contribution in [2.45, 2.75) is 32.1 Å². The van der Waals surface area contributed by atoms with Crippen LogP contribution in [0.2, 0.25) is 0 Å². The first kappa shape index (κ1) is 19.3. The molecule has 1 amide bonds. The fourth-order valence-electron chi connectivity index (χ4n) is 4.57. The zero-order valence-corrected chi connectivity index (χ0v) is 17.6. The molecule has 1 aromatic carbocycles. The van der Waals surface area contributed by atoms with E-state index in [9.17, 15) is 9.59 Å². The van der Waals surface area contributed by atoms with Gasteiger partial charge in [-0.05, 0) is 55.0 Å². The van der Waals surface area contributed by atoms with E-state index in [1.54, 1.807) is 24.0 Å². The summed E-state index contributed by atoms with van der Waals surface area (Å²) in [5, 5.41) is 3.85. The molecule has 6 heteroatoms. The third kappa shape index (κ3) is 3.34. The maximum Gasteiger partial charge on any atom is 0.274 e. The van der Waals surface area contributed by atoms with E-state index < -0.39 is 0 Å². The lowest BCUT2D eigenvalue weighted by molar-refractivity contribution is -0.117. The normalized spacial score (nSPS) is 15.6.